The third-order valence-electron chi connectivity index (χ3n) is 19.5. The minimum atomic E-state index is -4.31. The molecule has 0 radical (unpaired) electrons. The number of fused-ring (bicyclic) bond motifs is 4. The van der Waals surface area contributed by atoms with Crippen LogP contribution in [0.5, 0.6) is 5.75 Å². The lowest BCUT2D eigenvalue weighted by Crippen LogP contribution is -2.24. The smallest absolute Gasteiger partial charge is 0.496 e. The Balaban J connectivity index is 0.000000136. The largest absolute Gasteiger partial charge is 0.586 e. The van der Waals surface area contributed by atoms with Gasteiger partial charge in [-0.2, -0.15) is 0 Å². The van der Waals surface area contributed by atoms with Gasteiger partial charge in [-0.3, -0.25) is 0 Å². The second-order valence-corrected chi connectivity index (χ2v) is 44.2. The highest BCUT2D eigenvalue weighted by Gasteiger charge is 2.57. The van der Waals surface area contributed by atoms with E-state index in [1.807, 2.05) is 66.7 Å². The number of hydrogen-bond donors (Lipinski definition) is 1. The van der Waals surface area contributed by atoms with E-state index in [1.54, 1.807) is 129 Å². The molecule has 0 bridgehead atoms. The van der Waals surface area contributed by atoms with Crippen molar-refractivity contribution in [3.8, 4) is 5.75 Å². The van der Waals surface area contributed by atoms with Gasteiger partial charge < -0.3 is 10.1 Å². The predicted octanol–water partition coefficient (Wildman–Crippen LogP) is 29.5. The molecular formula is C104H94F9NO3S7+6. The van der Waals surface area contributed by atoms with Gasteiger partial charge in [-0.1, -0.05) is 260 Å². The van der Waals surface area contributed by atoms with Crippen molar-refractivity contribution in [2.75, 3.05) is 12.4 Å². The van der Waals surface area contributed by atoms with Crippen LogP contribution in [0.25, 0.3) is 0 Å². The van der Waals surface area contributed by atoms with E-state index in [9.17, 15) is 47.9 Å². The monoisotopic (exact) mass is 1800 g/mol. The summed E-state index contributed by atoms with van der Waals surface area (Å²) in [7, 11) is -8.09. The molecule has 2 heterocycles. The Morgan fingerprint density at radius 2 is 0.516 bits per heavy atom. The van der Waals surface area contributed by atoms with Crippen LogP contribution in [-0.4, -0.2) is 32.1 Å². The van der Waals surface area contributed by atoms with Crippen molar-refractivity contribution in [3.63, 3.8) is 0 Å². The summed E-state index contributed by atoms with van der Waals surface area (Å²) >= 11 is 0. The third-order valence-corrected chi connectivity index (χ3v) is 34.4. The summed E-state index contributed by atoms with van der Waals surface area (Å²) in [5.41, 5.74) is -7.08. The third kappa shape index (κ3) is 23.3. The Morgan fingerprint density at radius 1 is 0.282 bits per heavy atom. The lowest BCUT2D eigenvalue weighted by molar-refractivity contribution is -0.0379. The molecule has 20 heteroatoms. The van der Waals surface area contributed by atoms with Crippen LogP contribution in [-0.2, 0) is 86.0 Å². The summed E-state index contributed by atoms with van der Waals surface area (Å²) in [6, 6.07) is 126. The van der Waals surface area contributed by atoms with Crippen LogP contribution >= 0.6 is 0 Å². The van der Waals surface area contributed by atoms with Gasteiger partial charge in [0.05, 0.1) is 29.4 Å². The minimum Gasteiger partial charge on any atom is -0.496 e. The fraction of sp³-hybridized carbons (Fsp3) is 0.135. The first-order valence-corrected chi connectivity index (χ1v) is 48.5. The zero-order chi connectivity index (χ0) is 88.4. The molecule has 1 unspecified atom stereocenters. The number of ether oxygens (including phenoxy) is 1. The number of nitrogens with one attached hydrogen (secondary N) is 1. The van der Waals surface area contributed by atoms with Gasteiger partial charge in [-0.05, 0) is 217 Å². The van der Waals surface area contributed by atoms with E-state index in [2.05, 4.69) is 229 Å². The highest BCUT2D eigenvalue weighted by atomic mass is 32.2. The van der Waals surface area contributed by atoms with Crippen molar-refractivity contribution >= 4 is 86.6 Å². The standard InChI is InChI=1S/C21H26F3S.C18H14NS.C18H13O2S2.C18H15S.C16H16F3OS.C13H10F3S/c1-19(2,3)15-7-11-17(12-8-15)25(21(22,23)24)18-13-9-16(10-14-18)20(4,5)6;1-2-8-14(9-3-1)20-17-12-6-4-10-15(17)19-16-11-5-7-13-18(16)20;19-22(20)17-12-6-4-10-15(17)21(14-8-2-1-3-9-14)16-11-5-7-13-18(16)22;1-4-10-16(11-5-1)19(17-12-6-2-7-13-17)18-14-8-3-9-15-18;1-11-9-14(10-12(2)15(11)20-3)21(16(17,18)19)13-7-5-4-6-8-13;14-13(15,16)17(11-7-3-1-4-8-11)12-9-5-2-6-10-12/h7-14H,1-6H3;1-13,19H;1-13H;1-15H;4-10H,1-3H3;1-10H/q6*+1. The van der Waals surface area contributed by atoms with E-state index in [0.29, 0.717) is 46.2 Å². The number of rotatable bonds is 12. The molecule has 15 aromatic carbocycles. The van der Waals surface area contributed by atoms with Gasteiger partial charge in [0.15, 0.2) is 106 Å². The molecule has 124 heavy (non-hydrogen) atoms. The minimum absolute atomic E-state index is 0.0146. The lowest BCUT2D eigenvalue weighted by Gasteiger charge is -2.20. The van der Waals surface area contributed by atoms with Crippen LogP contribution in [0.1, 0.15) is 63.8 Å². The number of aryl methyl sites for hydroxylation is 2. The molecule has 0 saturated carbocycles. The number of hydrogen-bond acceptors (Lipinski definition) is 4. The van der Waals surface area contributed by atoms with Gasteiger partial charge >= 0.3 is 16.5 Å². The molecule has 632 valence electrons. The maximum absolute atomic E-state index is 13.8. The molecule has 0 aromatic heterocycles. The fourth-order valence-corrected chi connectivity index (χ4v) is 28.0. The second kappa shape index (κ2) is 41.4. The number of benzene rings is 15. The van der Waals surface area contributed by atoms with E-state index in [-0.39, 0.29) is 53.3 Å². The Kier molecular flexibility index (Phi) is 30.9. The van der Waals surface area contributed by atoms with Crippen molar-refractivity contribution in [2.45, 2.75) is 166 Å². The number of methoxy groups -OCH3 is 1. The fourth-order valence-electron chi connectivity index (χ4n) is 13.8. The summed E-state index contributed by atoms with van der Waals surface area (Å²) in [6.45, 7) is 15.8. The van der Waals surface area contributed by atoms with E-state index in [1.165, 1.54) is 84.3 Å². The topological polar surface area (TPSA) is 55.4 Å². The number of alkyl halides is 9. The Hall–Kier alpha value is -10.7. The van der Waals surface area contributed by atoms with E-state index in [0.717, 1.165) is 25.8 Å². The predicted molar refractivity (Wildman–Crippen MR) is 495 cm³/mol. The molecule has 2 aliphatic heterocycles. The van der Waals surface area contributed by atoms with Gasteiger partial charge in [0.1, 0.15) is 37.3 Å². The van der Waals surface area contributed by atoms with Crippen LogP contribution in [0.3, 0.4) is 0 Å². The van der Waals surface area contributed by atoms with Crippen LogP contribution in [0, 0.1) is 13.8 Å². The molecule has 0 spiro atoms. The van der Waals surface area contributed by atoms with Crippen molar-refractivity contribution in [3.05, 3.63) is 423 Å². The Morgan fingerprint density at radius 3 is 0.798 bits per heavy atom. The quantitative estimate of drug-likeness (QED) is 0.0978. The van der Waals surface area contributed by atoms with Gasteiger partial charge in [0, 0.05) is 12.1 Å². The van der Waals surface area contributed by atoms with Crippen molar-refractivity contribution in [1.29, 1.82) is 0 Å². The molecule has 2 aliphatic rings. The van der Waals surface area contributed by atoms with E-state index >= 15 is 0 Å². The Bertz CT molecular complexity index is 5720. The molecule has 0 aliphatic carbocycles. The van der Waals surface area contributed by atoms with E-state index < -0.39 is 59.0 Å². The SMILES string of the molecule is CC(C)(C)c1ccc([S+](c2ccc(C(C)(C)C)cc2)C(F)(F)F)cc1.COc1c(C)cc([S+](c2ccccc2)C(F)(F)F)cc1C.FC(F)(F)[S+](c1ccccc1)c1ccccc1.O=S1(=O)c2ccccc2[S+](c2ccccc2)c2ccccc21.c1ccc([S+](c2ccccc2)c2ccccc2)cc1.c1ccc([S+]2c3ccccc3Nc3ccccc32)cc1. The van der Waals surface area contributed by atoms with Crippen LogP contribution in [0.4, 0.5) is 50.9 Å². The van der Waals surface area contributed by atoms with Gasteiger partial charge in [-0.15, -0.1) is 39.5 Å². The van der Waals surface area contributed by atoms with Crippen LogP contribution < -0.4 is 10.1 Å². The van der Waals surface area contributed by atoms with Crippen molar-refractivity contribution < 1.29 is 52.7 Å². The summed E-state index contributed by atoms with van der Waals surface area (Å²) < 4.78 is 152. The number of para-hydroxylation sites is 2. The zero-order valence-corrected chi connectivity index (χ0v) is 75.3. The van der Waals surface area contributed by atoms with E-state index in [4.69, 9.17) is 4.74 Å². The first kappa shape index (κ1) is 92.5. The van der Waals surface area contributed by atoms with Crippen LogP contribution in [0.2, 0.25) is 0 Å². The highest BCUT2D eigenvalue weighted by Crippen LogP contribution is 2.48. The average molecular weight is 1800 g/mol. The highest BCUT2D eigenvalue weighted by molar-refractivity contribution is 8.01. The van der Waals surface area contributed by atoms with Gasteiger partial charge in [-0.25, -0.2) is 8.42 Å². The lowest BCUT2D eigenvalue weighted by atomic mass is 9.87. The first-order valence-electron chi connectivity index (χ1n) is 39.6. The molecule has 0 saturated heterocycles. The molecule has 1 N–H and O–H groups in total. The summed E-state index contributed by atoms with van der Waals surface area (Å²) in [5, 5.41) is 3.55. The number of halogens is 9. The van der Waals surface area contributed by atoms with Crippen LogP contribution in [0.15, 0.2) is 484 Å². The maximum Gasteiger partial charge on any atom is 0.586 e. The van der Waals surface area contributed by atoms with Gasteiger partial charge in [0.2, 0.25) is 9.84 Å². The molecular weight excluding hydrogens is 1710 g/mol. The molecule has 4 nitrogen and oxygen atoms in total. The summed E-state index contributed by atoms with van der Waals surface area (Å²) in [5.74, 6) is 0.637. The second-order valence-electron chi connectivity index (χ2n) is 30.3. The maximum atomic E-state index is 13.8. The summed E-state index contributed by atoms with van der Waals surface area (Å²) in [4.78, 5) is 13.7. The average Bonchev–Trinajstić information content (AvgIpc) is 0.713. The molecule has 15 aromatic rings. The normalized spacial score (nSPS) is 13.1. The van der Waals surface area contributed by atoms with Crippen molar-refractivity contribution in [2.24, 2.45) is 0 Å². The number of sulfone groups is 1. The van der Waals surface area contributed by atoms with Crippen molar-refractivity contribution in [1.82, 2.24) is 0 Å². The molecule has 0 fully saturated rings. The molecule has 0 amide bonds. The molecule has 17 rings (SSSR count). The van der Waals surface area contributed by atoms with Gasteiger partial charge in [0.25, 0.3) is 0 Å². The summed E-state index contributed by atoms with van der Waals surface area (Å²) in [6.07, 6.45) is 0. The molecule has 1 atom stereocenters. The first-order chi connectivity index (χ1) is 59.3. The zero-order valence-electron chi connectivity index (χ0n) is 69.6. The number of anilines is 2. The Labute approximate surface area is 740 Å².